The molecule has 2 heterocycles. The first kappa shape index (κ1) is 20.4. The predicted octanol–water partition coefficient (Wildman–Crippen LogP) is 6.19. The molecule has 0 aliphatic rings. The van der Waals surface area contributed by atoms with Gasteiger partial charge < -0.3 is 9.52 Å². The summed E-state index contributed by atoms with van der Waals surface area (Å²) in [5.74, 6) is -0.818. The molecule has 0 spiro atoms. The van der Waals surface area contributed by atoms with Gasteiger partial charge in [-0.25, -0.2) is 9.78 Å². The largest absolute Gasteiger partial charge is 0.478 e. The molecule has 0 fully saturated rings. The van der Waals surface area contributed by atoms with Crippen LogP contribution in [0.3, 0.4) is 0 Å². The Balaban J connectivity index is 1.54. The van der Waals surface area contributed by atoms with E-state index in [1.54, 1.807) is 13.0 Å². The molecular formula is C28H19NO4. The summed E-state index contributed by atoms with van der Waals surface area (Å²) in [6.07, 6.45) is 3.86. The molecule has 0 saturated carbocycles. The number of benzene rings is 3. The van der Waals surface area contributed by atoms with Gasteiger partial charge in [-0.1, -0.05) is 48.5 Å². The van der Waals surface area contributed by atoms with Crippen molar-refractivity contribution in [3.8, 4) is 11.3 Å². The molecule has 0 radical (unpaired) electrons. The molecule has 5 rings (SSSR count). The number of pyridine rings is 1. The van der Waals surface area contributed by atoms with Crippen molar-refractivity contribution in [2.24, 2.45) is 0 Å². The maximum absolute atomic E-state index is 12.7. The van der Waals surface area contributed by atoms with Crippen molar-refractivity contribution < 1.29 is 14.3 Å². The maximum Gasteiger partial charge on any atom is 0.339 e. The molecule has 0 bridgehead atoms. The van der Waals surface area contributed by atoms with E-state index in [0.29, 0.717) is 16.9 Å². The molecule has 0 aliphatic heterocycles. The third-order valence-corrected chi connectivity index (χ3v) is 5.44. The van der Waals surface area contributed by atoms with Crippen molar-refractivity contribution in [3.63, 3.8) is 0 Å². The van der Waals surface area contributed by atoms with Gasteiger partial charge in [0.25, 0.3) is 0 Å². The highest BCUT2D eigenvalue weighted by atomic mass is 16.4. The van der Waals surface area contributed by atoms with Crippen molar-refractivity contribution >= 4 is 40.0 Å². The number of hydrogen-bond acceptors (Lipinski definition) is 4. The van der Waals surface area contributed by atoms with E-state index in [2.05, 4.69) is 4.98 Å². The van der Waals surface area contributed by atoms with Gasteiger partial charge in [0.2, 0.25) is 0 Å². The van der Waals surface area contributed by atoms with Crippen molar-refractivity contribution in [2.75, 3.05) is 0 Å². The minimum absolute atomic E-state index is 0.0256. The number of fused-ring (bicyclic) bond motifs is 2. The highest BCUT2D eigenvalue weighted by Crippen LogP contribution is 2.26. The molecular weight excluding hydrogens is 414 g/mol. The molecule has 5 nitrogen and oxygen atoms in total. The fourth-order valence-electron chi connectivity index (χ4n) is 3.86. The van der Waals surface area contributed by atoms with Crippen LogP contribution in [0.1, 0.15) is 27.2 Å². The summed E-state index contributed by atoms with van der Waals surface area (Å²) in [6.45, 7) is 1.75. The zero-order chi connectivity index (χ0) is 22.9. The Kier molecular flexibility index (Phi) is 5.07. The van der Waals surface area contributed by atoms with Crippen molar-refractivity contribution in [3.05, 3.63) is 111 Å². The normalized spacial score (nSPS) is 11.4. The van der Waals surface area contributed by atoms with Gasteiger partial charge in [0, 0.05) is 17.0 Å². The number of carboxylic acid groups (broad SMARTS) is 1. The van der Waals surface area contributed by atoms with Crippen molar-refractivity contribution in [1.82, 2.24) is 4.98 Å². The third kappa shape index (κ3) is 4.04. The van der Waals surface area contributed by atoms with Crippen LogP contribution in [0.15, 0.2) is 88.1 Å². The van der Waals surface area contributed by atoms with E-state index in [1.165, 1.54) is 12.1 Å². The fraction of sp³-hybridized carbons (Fsp3) is 0.0357. The molecule has 160 valence electrons. The molecule has 1 N–H and O–H groups in total. The lowest BCUT2D eigenvalue weighted by molar-refractivity contribution is 0.0697. The van der Waals surface area contributed by atoms with Gasteiger partial charge >= 0.3 is 5.97 Å². The van der Waals surface area contributed by atoms with E-state index in [-0.39, 0.29) is 22.0 Å². The number of carboxylic acids is 1. The average Bonchev–Trinajstić information content (AvgIpc) is 2.82. The Morgan fingerprint density at radius 3 is 2.64 bits per heavy atom. The molecule has 0 aliphatic carbocycles. The molecule has 5 aromatic rings. The van der Waals surface area contributed by atoms with Gasteiger partial charge in [-0.15, -0.1) is 0 Å². The van der Waals surface area contributed by atoms with E-state index in [4.69, 9.17) is 4.42 Å². The van der Waals surface area contributed by atoms with Crippen LogP contribution in [-0.4, -0.2) is 16.1 Å². The lowest BCUT2D eigenvalue weighted by Crippen LogP contribution is -2.06. The van der Waals surface area contributed by atoms with Crippen LogP contribution >= 0.6 is 0 Å². The summed E-state index contributed by atoms with van der Waals surface area (Å²) >= 11 is 0. The number of carbonyl (C=O) groups is 1. The first-order chi connectivity index (χ1) is 16.0. The Morgan fingerprint density at radius 2 is 1.79 bits per heavy atom. The summed E-state index contributed by atoms with van der Waals surface area (Å²) in [7, 11) is 0. The molecule has 2 aromatic heterocycles. The van der Waals surface area contributed by atoms with Crippen LogP contribution in [0.25, 0.3) is 45.3 Å². The van der Waals surface area contributed by atoms with E-state index in [1.807, 2.05) is 72.8 Å². The second kappa shape index (κ2) is 8.20. The van der Waals surface area contributed by atoms with Crippen LogP contribution in [0.5, 0.6) is 0 Å². The first-order valence-corrected chi connectivity index (χ1v) is 10.4. The Labute approximate surface area is 189 Å². The number of nitrogens with zero attached hydrogens (tertiary/aromatic N) is 1. The zero-order valence-electron chi connectivity index (χ0n) is 17.8. The van der Waals surface area contributed by atoms with Crippen LogP contribution in [-0.2, 0) is 0 Å². The van der Waals surface area contributed by atoms with Crippen LogP contribution in [0, 0.1) is 6.92 Å². The first-order valence-electron chi connectivity index (χ1n) is 10.4. The topological polar surface area (TPSA) is 80.4 Å². The van der Waals surface area contributed by atoms with Crippen molar-refractivity contribution in [1.29, 1.82) is 0 Å². The molecule has 33 heavy (non-hydrogen) atoms. The number of para-hydroxylation sites is 1. The summed E-state index contributed by atoms with van der Waals surface area (Å²) in [4.78, 5) is 29.1. The van der Waals surface area contributed by atoms with Gasteiger partial charge in [-0.3, -0.25) is 4.79 Å². The van der Waals surface area contributed by atoms with Gasteiger partial charge in [0.1, 0.15) is 11.3 Å². The third-order valence-electron chi connectivity index (χ3n) is 5.44. The van der Waals surface area contributed by atoms with Crippen LogP contribution < -0.4 is 5.43 Å². The molecule has 3 aromatic carbocycles. The number of rotatable bonds is 4. The standard InChI is InChI=1S/C28H19NO4/c1-17-13-22-25(30)16-26(33-27(22)23(14-17)28(31)32)20-7-4-5-18(15-20)9-11-21-12-10-19-6-2-3-8-24(19)29-21/h2-16H,1H3,(H,31,32). The van der Waals surface area contributed by atoms with Gasteiger partial charge in [0.15, 0.2) is 11.0 Å². The van der Waals surface area contributed by atoms with Crippen molar-refractivity contribution in [2.45, 2.75) is 6.92 Å². The minimum Gasteiger partial charge on any atom is -0.478 e. The fourth-order valence-corrected chi connectivity index (χ4v) is 3.86. The van der Waals surface area contributed by atoms with Gasteiger partial charge in [-0.05, 0) is 54.5 Å². The number of hydrogen-bond donors (Lipinski definition) is 1. The lowest BCUT2D eigenvalue weighted by atomic mass is 10.0. The molecule has 0 unspecified atom stereocenters. The maximum atomic E-state index is 12.7. The molecule has 5 heteroatoms. The number of aromatic carboxylic acids is 1. The molecule has 0 atom stereocenters. The Hall–Kier alpha value is -4.51. The quantitative estimate of drug-likeness (QED) is 0.366. The van der Waals surface area contributed by atoms with E-state index in [9.17, 15) is 14.7 Å². The Bertz CT molecular complexity index is 1630. The van der Waals surface area contributed by atoms with E-state index >= 15 is 0 Å². The number of aromatic nitrogens is 1. The Morgan fingerprint density at radius 1 is 0.939 bits per heavy atom. The van der Waals surface area contributed by atoms with Gasteiger partial charge in [-0.2, -0.15) is 0 Å². The summed E-state index contributed by atoms with van der Waals surface area (Å²) in [6, 6.07) is 24.0. The second-order valence-corrected chi connectivity index (χ2v) is 7.86. The molecule has 0 saturated heterocycles. The second-order valence-electron chi connectivity index (χ2n) is 7.86. The summed E-state index contributed by atoms with van der Waals surface area (Å²) < 4.78 is 5.92. The molecule has 0 amide bonds. The SMILES string of the molecule is Cc1cc(C(=O)O)c2oc(-c3cccc(C=Cc4ccc5ccccc5n4)c3)cc(=O)c2c1. The van der Waals surface area contributed by atoms with E-state index < -0.39 is 5.97 Å². The smallest absolute Gasteiger partial charge is 0.339 e. The predicted molar refractivity (Wildman–Crippen MR) is 130 cm³/mol. The zero-order valence-corrected chi connectivity index (χ0v) is 17.8. The number of aryl methyl sites for hydroxylation is 1. The van der Waals surface area contributed by atoms with Crippen LogP contribution in [0.4, 0.5) is 0 Å². The lowest BCUT2D eigenvalue weighted by Gasteiger charge is -2.07. The monoisotopic (exact) mass is 433 g/mol. The minimum atomic E-state index is -1.14. The van der Waals surface area contributed by atoms with E-state index in [0.717, 1.165) is 22.2 Å². The highest BCUT2D eigenvalue weighted by molar-refractivity contribution is 6.01. The average molecular weight is 433 g/mol. The van der Waals surface area contributed by atoms with Gasteiger partial charge in [0.05, 0.1) is 16.6 Å². The van der Waals surface area contributed by atoms with Crippen LogP contribution in [0.2, 0.25) is 0 Å². The highest BCUT2D eigenvalue weighted by Gasteiger charge is 2.16. The summed E-state index contributed by atoms with van der Waals surface area (Å²) in [5.41, 5.74) is 3.80. The summed E-state index contributed by atoms with van der Waals surface area (Å²) in [5, 5.41) is 10.9.